The molecular weight excluding hydrogens is 770 g/mol. The minimum atomic E-state index is -4.44. The summed E-state index contributed by atoms with van der Waals surface area (Å²) in [5.74, 6) is 0.677. The van der Waals surface area contributed by atoms with Gasteiger partial charge in [-0.2, -0.15) is 26.3 Å². The maximum Gasteiger partial charge on any atom is 0.416 e. The summed E-state index contributed by atoms with van der Waals surface area (Å²) in [5, 5.41) is 3.21. The number of anilines is 2. The fourth-order valence-electron chi connectivity index (χ4n) is 5.67. The van der Waals surface area contributed by atoms with Crippen LogP contribution in [0.25, 0.3) is 0 Å². The van der Waals surface area contributed by atoms with Crippen LogP contribution in [0.2, 0.25) is 0 Å². The summed E-state index contributed by atoms with van der Waals surface area (Å²) in [6, 6.07) is 26.4. The summed E-state index contributed by atoms with van der Waals surface area (Å²) in [4.78, 5) is 27.8. The zero-order valence-electron chi connectivity index (χ0n) is 32.3. The monoisotopic (exact) mass is 812 g/mol. The predicted octanol–water partition coefficient (Wildman–Crippen LogP) is 9.57. The van der Waals surface area contributed by atoms with Crippen molar-refractivity contribution in [1.29, 1.82) is 0 Å². The van der Waals surface area contributed by atoms with Crippen molar-refractivity contribution in [2.24, 2.45) is 0 Å². The van der Waals surface area contributed by atoms with Crippen molar-refractivity contribution in [3.05, 3.63) is 137 Å². The lowest BCUT2D eigenvalue weighted by atomic mass is 10.1. The van der Waals surface area contributed by atoms with Crippen molar-refractivity contribution >= 4 is 23.1 Å². The van der Waals surface area contributed by atoms with E-state index < -0.39 is 35.2 Å². The second-order valence-corrected chi connectivity index (χ2v) is 12.4. The van der Waals surface area contributed by atoms with Crippen LogP contribution in [-0.4, -0.2) is 60.3 Å². The first kappa shape index (κ1) is 44.3. The van der Waals surface area contributed by atoms with Gasteiger partial charge in [0.2, 0.25) is 0 Å². The van der Waals surface area contributed by atoms with E-state index in [1.54, 1.807) is 56.7 Å². The van der Waals surface area contributed by atoms with Crippen molar-refractivity contribution < 1.29 is 59.6 Å². The Balaban J connectivity index is 0.000000280. The van der Waals surface area contributed by atoms with Crippen LogP contribution in [0.4, 0.5) is 37.7 Å². The number of halogens is 6. The summed E-state index contributed by atoms with van der Waals surface area (Å²) in [6.45, 7) is 0.626. The Morgan fingerprint density at radius 3 is 1.55 bits per heavy atom. The fraction of sp³-hybridized carbons (Fsp3) is 0.256. The Hall–Kier alpha value is -6.38. The number of hydrogen-bond acceptors (Lipinski definition) is 8. The number of para-hydroxylation sites is 1. The first-order chi connectivity index (χ1) is 27.6. The van der Waals surface area contributed by atoms with Crippen LogP contribution in [0.15, 0.2) is 109 Å². The van der Waals surface area contributed by atoms with Crippen molar-refractivity contribution in [1.82, 2.24) is 0 Å². The Bertz CT molecular complexity index is 2120. The van der Waals surface area contributed by atoms with Gasteiger partial charge in [-0.15, -0.1) is 0 Å². The highest BCUT2D eigenvalue weighted by Gasteiger charge is 2.31. The van der Waals surface area contributed by atoms with Crippen LogP contribution in [0.1, 0.15) is 32.6 Å². The van der Waals surface area contributed by atoms with Crippen LogP contribution in [0, 0.1) is 0 Å². The SMILES string of the molecule is COc1ccc(N(CCc2ccc(C(F)(F)F)cc2)C(=O)C(=O)c2ccccc2OC)cc1OC.COc1ccc(NCCc2ccc(C(F)(F)F)cc2)cc1OC. The molecule has 0 saturated carbocycles. The summed E-state index contributed by atoms with van der Waals surface area (Å²) < 4.78 is 102. The van der Waals surface area contributed by atoms with Crippen molar-refractivity contribution in [3.8, 4) is 28.7 Å². The highest BCUT2D eigenvalue weighted by atomic mass is 19.4. The van der Waals surface area contributed by atoms with Gasteiger partial charge in [-0.05, 0) is 84.6 Å². The molecule has 5 rings (SSSR count). The number of Topliss-reactive ketones (excluding diaryl/α,β-unsaturated/α-hetero) is 1. The Morgan fingerprint density at radius 1 is 0.552 bits per heavy atom. The normalized spacial score (nSPS) is 11.1. The zero-order valence-corrected chi connectivity index (χ0v) is 32.3. The molecule has 0 unspecified atom stereocenters. The van der Waals surface area contributed by atoms with E-state index in [1.165, 1.54) is 56.6 Å². The van der Waals surface area contributed by atoms with Crippen LogP contribution in [0.5, 0.6) is 28.7 Å². The average Bonchev–Trinajstić information content (AvgIpc) is 3.23. The summed E-state index contributed by atoms with van der Waals surface area (Å²) in [6.07, 6.45) is -7.92. The summed E-state index contributed by atoms with van der Waals surface area (Å²) >= 11 is 0. The van der Waals surface area contributed by atoms with Gasteiger partial charge >= 0.3 is 12.4 Å². The third-order valence-corrected chi connectivity index (χ3v) is 8.78. The van der Waals surface area contributed by atoms with E-state index in [0.29, 0.717) is 47.2 Å². The largest absolute Gasteiger partial charge is 0.496 e. The van der Waals surface area contributed by atoms with Gasteiger partial charge in [0.25, 0.3) is 11.7 Å². The van der Waals surface area contributed by atoms with Crippen LogP contribution in [-0.2, 0) is 30.0 Å². The Labute approximate surface area is 332 Å². The number of carbonyl (C=O) groups is 2. The third-order valence-electron chi connectivity index (χ3n) is 8.78. The lowest BCUT2D eigenvalue weighted by molar-refractivity contribution is -0.138. The zero-order chi connectivity index (χ0) is 42.5. The first-order valence-corrected chi connectivity index (χ1v) is 17.6. The summed E-state index contributed by atoms with van der Waals surface area (Å²) in [7, 11) is 7.43. The van der Waals surface area contributed by atoms with E-state index in [-0.39, 0.29) is 24.3 Å². The van der Waals surface area contributed by atoms with Crippen LogP contribution < -0.4 is 33.9 Å². The molecule has 58 heavy (non-hydrogen) atoms. The number of carbonyl (C=O) groups excluding carboxylic acids is 2. The van der Waals surface area contributed by atoms with Gasteiger partial charge in [-0.1, -0.05) is 36.4 Å². The number of ketones is 1. The Kier molecular flexibility index (Phi) is 15.4. The number of methoxy groups -OCH3 is 5. The average molecular weight is 813 g/mol. The van der Waals surface area contributed by atoms with Gasteiger partial charge < -0.3 is 33.9 Å². The minimum Gasteiger partial charge on any atom is -0.496 e. The predicted molar refractivity (Wildman–Crippen MR) is 208 cm³/mol. The maximum absolute atomic E-state index is 13.4. The molecule has 0 aliphatic rings. The molecule has 308 valence electrons. The molecule has 0 fully saturated rings. The van der Waals surface area contributed by atoms with Gasteiger partial charge in [0.1, 0.15) is 5.75 Å². The van der Waals surface area contributed by atoms with E-state index in [0.717, 1.165) is 35.5 Å². The number of hydrogen-bond donors (Lipinski definition) is 1. The highest BCUT2D eigenvalue weighted by Crippen LogP contribution is 2.34. The van der Waals surface area contributed by atoms with E-state index >= 15 is 0 Å². The molecular formula is C43H42F6N2O7. The number of benzene rings is 5. The molecule has 0 aromatic heterocycles. The third kappa shape index (κ3) is 11.8. The number of amides is 1. The van der Waals surface area contributed by atoms with Crippen molar-refractivity contribution in [3.63, 3.8) is 0 Å². The topological polar surface area (TPSA) is 95.6 Å². The van der Waals surface area contributed by atoms with E-state index in [2.05, 4.69) is 5.32 Å². The molecule has 1 amide bonds. The molecule has 0 spiro atoms. The number of nitrogens with zero attached hydrogens (tertiary/aromatic N) is 1. The fourth-order valence-corrected chi connectivity index (χ4v) is 5.67. The smallest absolute Gasteiger partial charge is 0.416 e. The van der Waals surface area contributed by atoms with Crippen LogP contribution in [0.3, 0.4) is 0 Å². The molecule has 0 bridgehead atoms. The Morgan fingerprint density at radius 2 is 1.03 bits per heavy atom. The van der Waals surface area contributed by atoms with E-state index in [9.17, 15) is 35.9 Å². The molecule has 9 nitrogen and oxygen atoms in total. The van der Waals surface area contributed by atoms with Gasteiger partial charge in [-0.3, -0.25) is 9.59 Å². The standard InChI is InChI=1S/C26H24F3NO5.C17H18F3NO2/c1-33-21-7-5-4-6-20(21)24(31)25(32)30(19-12-13-22(34-2)23(16-19)35-3)15-14-17-8-10-18(11-9-17)26(27,28)29;1-22-15-8-7-14(11-16(15)23-2)21-10-9-12-3-5-13(6-4-12)17(18,19)20/h4-13,16H,14-15H2,1-3H3;3-8,11,21H,9-10H2,1-2H3. The van der Waals surface area contributed by atoms with Crippen LogP contribution >= 0.6 is 0 Å². The second kappa shape index (κ2) is 20.2. The molecule has 0 saturated heterocycles. The molecule has 0 aliphatic carbocycles. The minimum absolute atomic E-state index is 0.0283. The van der Waals surface area contributed by atoms with Gasteiger partial charge in [0.05, 0.1) is 52.2 Å². The molecule has 5 aromatic rings. The van der Waals surface area contributed by atoms with Gasteiger partial charge in [-0.25, -0.2) is 0 Å². The quantitative estimate of drug-likeness (QED) is 0.0635. The maximum atomic E-state index is 13.4. The molecule has 0 heterocycles. The second-order valence-electron chi connectivity index (χ2n) is 12.4. The lowest BCUT2D eigenvalue weighted by Gasteiger charge is -2.24. The molecule has 0 radical (unpaired) electrons. The number of nitrogens with one attached hydrogen (secondary N) is 1. The first-order valence-electron chi connectivity index (χ1n) is 17.6. The van der Waals surface area contributed by atoms with Gasteiger partial charge in [0, 0.05) is 36.6 Å². The number of ether oxygens (including phenoxy) is 5. The molecule has 1 N–H and O–H groups in total. The van der Waals surface area contributed by atoms with E-state index in [4.69, 9.17) is 23.7 Å². The lowest BCUT2D eigenvalue weighted by Crippen LogP contribution is -2.38. The highest BCUT2D eigenvalue weighted by molar-refractivity contribution is 6.47. The van der Waals surface area contributed by atoms with Crippen molar-refractivity contribution in [2.75, 3.05) is 58.9 Å². The summed E-state index contributed by atoms with van der Waals surface area (Å²) in [5.41, 5.74) is 1.33. The molecule has 0 atom stereocenters. The van der Waals surface area contributed by atoms with Crippen molar-refractivity contribution in [2.45, 2.75) is 25.2 Å². The number of rotatable bonds is 15. The van der Waals surface area contributed by atoms with Gasteiger partial charge in [0.15, 0.2) is 23.0 Å². The number of alkyl halides is 6. The molecule has 0 aliphatic heterocycles. The molecule has 5 aromatic carbocycles. The molecule has 15 heteroatoms. The van der Waals surface area contributed by atoms with E-state index in [1.807, 2.05) is 12.1 Å².